The fourth-order valence-corrected chi connectivity index (χ4v) is 3.39. The number of rotatable bonds is 9. The van der Waals surface area contributed by atoms with Crippen LogP contribution in [-0.4, -0.2) is 59.3 Å². The van der Waals surface area contributed by atoms with Crippen LogP contribution in [0.3, 0.4) is 0 Å². The second kappa shape index (κ2) is 10.7. The number of hydrogen-bond acceptors (Lipinski definition) is 5. The summed E-state index contributed by atoms with van der Waals surface area (Å²) >= 11 is 0. The zero-order valence-electron chi connectivity index (χ0n) is 17.0. The van der Waals surface area contributed by atoms with Crippen molar-refractivity contribution in [1.82, 2.24) is 14.8 Å². The van der Waals surface area contributed by atoms with Gasteiger partial charge in [-0.3, -0.25) is 19.5 Å². The van der Waals surface area contributed by atoms with Gasteiger partial charge in [-0.1, -0.05) is 13.0 Å². The minimum Gasteiger partial charge on any atom is -0.494 e. The average Bonchev–Trinajstić information content (AvgIpc) is 2.77. The molecule has 6 heteroatoms. The Morgan fingerprint density at radius 3 is 2.45 bits per heavy atom. The summed E-state index contributed by atoms with van der Waals surface area (Å²) in [6.07, 6.45) is 5.10. The van der Waals surface area contributed by atoms with Crippen LogP contribution in [-0.2, 0) is 11.3 Å². The number of carbonyl (C=O) groups is 2. The molecule has 1 aliphatic rings. The molecule has 6 nitrogen and oxygen atoms in total. The third-order valence-corrected chi connectivity index (χ3v) is 5.07. The number of nitrogens with zero attached hydrogens (tertiary/aromatic N) is 3. The maximum Gasteiger partial charge on any atom is 0.223 e. The monoisotopic (exact) mass is 395 g/mol. The molecule has 0 saturated carbocycles. The molecule has 1 saturated heterocycles. The molecule has 154 valence electrons. The number of amides is 1. The van der Waals surface area contributed by atoms with Crippen LogP contribution in [0.2, 0.25) is 0 Å². The first-order valence-electron chi connectivity index (χ1n) is 10.3. The van der Waals surface area contributed by atoms with E-state index in [9.17, 15) is 9.59 Å². The van der Waals surface area contributed by atoms with E-state index in [0.717, 1.165) is 31.8 Å². The van der Waals surface area contributed by atoms with Crippen LogP contribution in [0.4, 0.5) is 0 Å². The minimum atomic E-state index is -0.00407. The summed E-state index contributed by atoms with van der Waals surface area (Å²) in [7, 11) is 0. The predicted molar refractivity (Wildman–Crippen MR) is 112 cm³/mol. The molecule has 0 spiro atoms. The number of ketones is 1. The van der Waals surface area contributed by atoms with E-state index in [1.165, 1.54) is 5.56 Å². The summed E-state index contributed by atoms with van der Waals surface area (Å²) in [4.78, 5) is 33.2. The van der Waals surface area contributed by atoms with Gasteiger partial charge < -0.3 is 9.64 Å². The molecule has 3 rings (SSSR count). The molecule has 0 bridgehead atoms. The Hall–Kier alpha value is -2.73. The Bertz CT molecular complexity index is 785. The van der Waals surface area contributed by atoms with Crippen LogP contribution < -0.4 is 4.74 Å². The normalized spacial score (nSPS) is 14.6. The molecule has 0 radical (unpaired) electrons. The lowest BCUT2D eigenvalue weighted by molar-refractivity contribution is -0.132. The van der Waals surface area contributed by atoms with Gasteiger partial charge in [-0.25, -0.2) is 0 Å². The Balaban J connectivity index is 1.40. The van der Waals surface area contributed by atoms with Crippen molar-refractivity contribution in [3.8, 4) is 5.75 Å². The number of hydrogen-bond donors (Lipinski definition) is 0. The Labute approximate surface area is 172 Å². The van der Waals surface area contributed by atoms with Gasteiger partial charge in [0.15, 0.2) is 5.78 Å². The van der Waals surface area contributed by atoms with Crippen molar-refractivity contribution in [3.63, 3.8) is 0 Å². The average molecular weight is 396 g/mol. The molecule has 0 unspecified atom stereocenters. The van der Waals surface area contributed by atoms with E-state index in [0.29, 0.717) is 25.3 Å². The van der Waals surface area contributed by atoms with Gasteiger partial charge in [-0.15, -0.1) is 0 Å². The number of ether oxygens (including phenoxy) is 1. The molecule has 0 N–H and O–H groups in total. The third kappa shape index (κ3) is 6.39. The molecular weight excluding hydrogens is 366 g/mol. The largest absolute Gasteiger partial charge is 0.494 e. The first-order valence-corrected chi connectivity index (χ1v) is 10.3. The van der Waals surface area contributed by atoms with Crippen LogP contribution in [0.15, 0.2) is 48.8 Å². The molecule has 1 aromatic carbocycles. The van der Waals surface area contributed by atoms with Gasteiger partial charge in [0.25, 0.3) is 0 Å². The number of carbonyl (C=O) groups excluding carboxylic acids is 2. The van der Waals surface area contributed by atoms with Crippen molar-refractivity contribution >= 4 is 11.7 Å². The maximum absolute atomic E-state index is 12.5. The fourth-order valence-electron chi connectivity index (χ4n) is 3.39. The van der Waals surface area contributed by atoms with Crippen LogP contribution in [0.1, 0.15) is 42.1 Å². The van der Waals surface area contributed by atoms with Crippen molar-refractivity contribution in [2.75, 3.05) is 32.8 Å². The summed E-state index contributed by atoms with van der Waals surface area (Å²) in [5.74, 6) is 0.821. The standard InChI is InChI=1S/C23H29N3O3/c1-2-16-29-21-7-5-20(6-8-21)22(27)9-10-23(28)26-14-12-25(13-15-26)18-19-4-3-11-24-17-19/h3-8,11,17H,2,9-10,12-16,18H2,1H3. The summed E-state index contributed by atoms with van der Waals surface area (Å²) in [5.41, 5.74) is 1.81. The molecule has 1 aliphatic heterocycles. The van der Waals surface area contributed by atoms with Gasteiger partial charge in [0.1, 0.15) is 5.75 Å². The zero-order chi connectivity index (χ0) is 20.5. The number of benzene rings is 1. The van der Waals surface area contributed by atoms with Gasteiger partial charge in [0.2, 0.25) is 5.91 Å². The van der Waals surface area contributed by atoms with Gasteiger partial charge in [-0.05, 0) is 42.3 Å². The van der Waals surface area contributed by atoms with Gasteiger partial charge in [0.05, 0.1) is 6.61 Å². The minimum absolute atomic E-state index is 0.00407. The van der Waals surface area contributed by atoms with Gasteiger partial charge >= 0.3 is 0 Å². The molecule has 2 heterocycles. The van der Waals surface area contributed by atoms with Crippen molar-refractivity contribution in [3.05, 3.63) is 59.9 Å². The van der Waals surface area contributed by atoms with Gasteiger partial charge in [0, 0.05) is 63.5 Å². The van der Waals surface area contributed by atoms with Crippen LogP contribution in [0.5, 0.6) is 5.75 Å². The summed E-state index contributed by atoms with van der Waals surface area (Å²) in [6, 6.07) is 11.2. The summed E-state index contributed by atoms with van der Waals surface area (Å²) in [6.45, 7) is 6.66. The lowest BCUT2D eigenvalue weighted by Crippen LogP contribution is -2.48. The molecule has 2 aromatic rings. The molecule has 1 aromatic heterocycles. The lowest BCUT2D eigenvalue weighted by atomic mass is 10.1. The third-order valence-electron chi connectivity index (χ3n) is 5.07. The highest BCUT2D eigenvalue weighted by Gasteiger charge is 2.21. The predicted octanol–water partition coefficient (Wildman–Crippen LogP) is 3.18. The van der Waals surface area contributed by atoms with E-state index < -0.39 is 0 Å². The highest BCUT2D eigenvalue weighted by atomic mass is 16.5. The number of Topliss-reactive ketones (excluding diaryl/α,β-unsaturated/α-hetero) is 1. The van der Waals surface area contributed by atoms with Crippen molar-refractivity contribution in [2.45, 2.75) is 32.7 Å². The van der Waals surface area contributed by atoms with E-state index in [1.54, 1.807) is 18.3 Å². The van der Waals surface area contributed by atoms with Crippen LogP contribution in [0.25, 0.3) is 0 Å². The first kappa shape index (κ1) is 21.0. The van der Waals surface area contributed by atoms with E-state index in [-0.39, 0.29) is 24.5 Å². The van der Waals surface area contributed by atoms with Crippen molar-refractivity contribution < 1.29 is 14.3 Å². The highest BCUT2D eigenvalue weighted by Crippen LogP contribution is 2.15. The molecule has 0 aliphatic carbocycles. The molecule has 29 heavy (non-hydrogen) atoms. The lowest BCUT2D eigenvalue weighted by Gasteiger charge is -2.34. The molecule has 1 amide bonds. The second-order valence-corrected chi connectivity index (χ2v) is 7.31. The van der Waals surface area contributed by atoms with Crippen molar-refractivity contribution in [2.24, 2.45) is 0 Å². The SMILES string of the molecule is CCCOc1ccc(C(=O)CCC(=O)N2CCN(Cc3cccnc3)CC2)cc1. The molecule has 0 atom stereocenters. The number of aromatic nitrogens is 1. The first-order chi connectivity index (χ1) is 14.2. The van der Waals surface area contributed by atoms with E-state index in [2.05, 4.69) is 22.9 Å². The van der Waals surface area contributed by atoms with Crippen molar-refractivity contribution in [1.29, 1.82) is 0 Å². The summed E-state index contributed by atoms with van der Waals surface area (Å²) in [5, 5.41) is 0. The highest BCUT2D eigenvalue weighted by molar-refractivity contribution is 5.98. The molecule has 1 fully saturated rings. The number of piperazine rings is 1. The van der Waals surface area contributed by atoms with E-state index in [4.69, 9.17) is 4.74 Å². The smallest absolute Gasteiger partial charge is 0.223 e. The fraction of sp³-hybridized carbons (Fsp3) is 0.435. The maximum atomic E-state index is 12.5. The zero-order valence-corrected chi connectivity index (χ0v) is 17.0. The summed E-state index contributed by atoms with van der Waals surface area (Å²) < 4.78 is 5.53. The second-order valence-electron chi connectivity index (χ2n) is 7.31. The Morgan fingerprint density at radius 1 is 1.03 bits per heavy atom. The Morgan fingerprint density at radius 2 is 1.79 bits per heavy atom. The van der Waals surface area contributed by atoms with Crippen LogP contribution >= 0.6 is 0 Å². The van der Waals surface area contributed by atoms with Crippen LogP contribution in [0, 0.1) is 0 Å². The molecular formula is C23H29N3O3. The quantitative estimate of drug-likeness (QED) is 0.610. The topological polar surface area (TPSA) is 62.7 Å². The number of pyridine rings is 1. The van der Waals surface area contributed by atoms with E-state index in [1.807, 2.05) is 29.3 Å². The van der Waals surface area contributed by atoms with Gasteiger partial charge in [-0.2, -0.15) is 0 Å². The van der Waals surface area contributed by atoms with E-state index >= 15 is 0 Å². The Kier molecular flexibility index (Phi) is 7.76.